The van der Waals surface area contributed by atoms with Crippen molar-refractivity contribution in [3.05, 3.63) is 34.9 Å². The number of rotatable bonds is 2. The van der Waals surface area contributed by atoms with Gasteiger partial charge in [0.25, 0.3) is 0 Å². The van der Waals surface area contributed by atoms with Crippen molar-refractivity contribution in [1.82, 2.24) is 5.32 Å². The largest absolute Gasteiger partial charge is 0.353 e. The first-order valence-corrected chi connectivity index (χ1v) is 5.07. The third-order valence-corrected chi connectivity index (χ3v) is 2.73. The fourth-order valence-corrected chi connectivity index (χ4v) is 1.82. The molecule has 0 spiro atoms. The number of amides is 1. The van der Waals surface area contributed by atoms with E-state index in [2.05, 4.69) is 5.32 Å². The smallest absolute Gasteiger partial charge is 0.217 e. The van der Waals surface area contributed by atoms with Crippen LogP contribution in [0.1, 0.15) is 24.8 Å². The van der Waals surface area contributed by atoms with Crippen LogP contribution in [-0.4, -0.2) is 11.9 Å². The van der Waals surface area contributed by atoms with E-state index in [-0.39, 0.29) is 5.91 Å². The van der Waals surface area contributed by atoms with Gasteiger partial charge in [-0.05, 0) is 24.1 Å². The summed E-state index contributed by atoms with van der Waals surface area (Å²) in [5.74, 6) is 0.530. The number of benzene rings is 1. The lowest BCUT2D eigenvalue weighted by molar-refractivity contribution is -0.119. The van der Waals surface area contributed by atoms with Crippen LogP contribution in [0.2, 0.25) is 5.02 Å². The molecule has 1 N–H and O–H groups in total. The van der Waals surface area contributed by atoms with Crippen LogP contribution in [0.15, 0.2) is 24.3 Å². The van der Waals surface area contributed by atoms with Crippen LogP contribution >= 0.6 is 11.6 Å². The standard InChI is InChI=1S/C11H12ClNO/c1-7(14)13-11-6-10(11)8-2-4-9(12)5-3-8/h2-5,10-11H,6H2,1H3,(H,13,14). The van der Waals surface area contributed by atoms with Crippen molar-refractivity contribution in [2.75, 3.05) is 0 Å². The molecule has 1 amide bonds. The van der Waals surface area contributed by atoms with Crippen LogP contribution in [0.3, 0.4) is 0 Å². The van der Waals surface area contributed by atoms with E-state index in [1.807, 2.05) is 24.3 Å². The summed E-state index contributed by atoms with van der Waals surface area (Å²) in [6.45, 7) is 1.55. The van der Waals surface area contributed by atoms with E-state index in [0.29, 0.717) is 12.0 Å². The van der Waals surface area contributed by atoms with E-state index >= 15 is 0 Å². The van der Waals surface area contributed by atoms with Crippen LogP contribution < -0.4 is 5.32 Å². The molecule has 0 heterocycles. The molecule has 14 heavy (non-hydrogen) atoms. The summed E-state index contributed by atoms with van der Waals surface area (Å²) < 4.78 is 0. The summed E-state index contributed by atoms with van der Waals surface area (Å²) >= 11 is 5.79. The quantitative estimate of drug-likeness (QED) is 0.796. The van der Waals surface area contributed by atoms with E-state index in [1.54, 1.807) is 6.92 Å². The Kier molecular flexibility index (Phi) is 2.46. The average molecular weight is 210 g/mol. The molecule has 1 fully saturated rings. The molecule has 0 radical (unpaired) electrons. The number of carbonyl (C=O) groups excluding carboxylic acids is 1. The fourth-order valence-electron chi connectivity index (χ4n) is 1.69. The molecule has 2 nitrogen and oxygen atoms in total. The molecule has 2 rings (SSSR count). The van der Waals surface area contributed by atoms with Gasteiger partial charge in [-0.3, -0.25) is 4.79 Å². The first kappa shape index (κ1) is 9.53. The Bertz CT molecular complexity index is 347. The Morgan fingerprint density at radius 3 is 2.64 bits per heavy atom. The lowest BCUT2D eigenvalue weighted by atomic mass is 10.1. The molecule has 0 aliphatic heterocycles. The molecular weight excluding hydrogens is 198 g/mol. The molecule has 1 aliphatic rings. The Labute approximate surface area is 88.3 Å². The van der Waals surface area contributed by atoms with E-state index in [0.717, 1.165) is 11.4 Å². The fraction of sp³-hybridized carbons (Fsp3) is 0.364. The summed E-state index contributed by atoms with van der Waals surface area (Å²) in [6.07, 6.45) is 1.04. The second-order valence-corrected chi connectivity index (χ2v) is 4.14. The maximum Gasteiger partial charge on any atom is 0.217 e. The van der Waals surface area contributed by atoms with Crippen molar-refractivity contribution in [1.29, 1.82) is 0 Å². The lowest BCUT2D eigenvalue weighted by Gasteiger charge is -2.01. The molecule has 1 aromatic carbocycles. The molecule has 1 saturated carbocycles. The Morgan fingerprint density at radius 2 is 2.07 bits per heavy atom. The molecular formula is C11H12ClNO. The van der Waals surface area contributed by atoms with E-state index < -0.39 is 0 Å². The third kappa shape index (κ3) is 2.07. The highest BCUT2D eigenvalue weighted by atomic mass is 35.5. The van der Waals surface area contributed by atoms with Crippen molar-refractivity contribution in [3.8, 4) is 0 Å². The van der Waals surface area contributed by atoms with Gasteiger partial charge in [-0.2, -0.15) is 0 Å². The molecule has 0 bridgehead atoms. The van der Waals surface area contributed by atoms with Gasteiger partial charge in [-0.25, -0.2) is 0 Å². The molecule has 74 valence electrons. The van der Waals surface area contributed by atoms with Crippen LogP contribution in [0.5, 0.6) is 0 Å². The zero-order chi connectivity index (χ0) is 10.1. The van der Waals surface area contributed by atoms with Gasteiger partial charge < -0.3 is 5.32 Å². The number of halogens is 1. The van der Waals surface area contributed by atoms with Gasteiger partial charge in [0.05, 0.1) is 0 Å². The molecule has 1 aliphatic carbocycles. The Morgan fingerprint density at radius 1 is 1.43 bits per heavy atom. The third-order valence-electron chi connectivity index (χ3n) is 2.48. The van der Waals surface area contributed by atoms with Crippen LogP contribution in [0, 0.1) is 0 Å². The van der Waals surface area contributed by atoms with Crippen molar-refractivity contribution >= 4 is 17.5 Å². The van der Waals surface area contributed by atoms with Gasteiger partial charge in [0, 0.05) is 23.9 Å². The molecule has 2 unspecified atom stereocenters. The first-order valence-electron chi connectivity index (χ1n) is 4.69. The van der Waals surface area contributed by atoms with Crippen molar-refractivity contribution in [3.63, 3.8) is 0 Å². The SMILES string of the molecule is CC(=O)NC1CC1c1ccc(Cl)cc1. The maximum absolute atomic E-state index is 10.8. The van der Waals surface area contributed by atoms with E-state index in [1.165, 1.54) is 5.56 Å². The van der Waals surface area contributed by atoms with Gasteiger partial charge in [0.2, 0.25) is 5.91 Å². The van der Waals surface area contributed by atoms with E-state index in [4.69, 9.17) is 11.6 Å². The number of hydrogen-bond donors (Lipinski definition) is 1. The van der Waals surface area contributed by atoms with Gasteiger partial charge in [0.15, 0.2) is 0 Å². The number of nitrogens with one attached hydrogen (secondary N) is 1. The molecule has 0 saturated heterocycles. The van der Waals surface area contributed by atoms with Crippen molar-refractivity contribution < 1.29 is 4.79 Å². The maximum atomic E-state index is 10.8. The highest BCUT2D eigenvalue weighted by Crippen LogP contribution is 2.40. The predicted octanol–water partition coefficient (Wildman–Crippen LogP) is 2.33. The summed E-state index contributed by atoms with van der Waals surface area (Å²) in [4.78, 5) is 10.8. The zero-order valence-electron chi connectivity index (χ0n) is 7.96. The average Bonchev–Trinajstić information content (AvgIpc) is 2.84. The van der Waals surface area contributed by atoms with Crippen LogP contribution in [-0.2, 0) is 4.79 Å². The minimum Gasteiger partial charge on any atom is -0.353 e. The Balaban J connectivity index is 1.99. The topological polar surface area (TPSA) is 29.1 Å². The second kappa shape index (κ2) is 3.62. The zero-order valence-corrected chi connectivity index (χ0v) is 8.71. The Hall–Kier alpha value is -1.02. The van der Waals surface area contributed by atoms with E-state index in [9.17, 15) is 4.79 Å². The van der Waals surface area contributed by atoms with Gasteiger partial charge in [0.1, 0.15) is 0 Å². The summed E-state index contributed by atoms with van der Waals surface area (Å²) in [5.41, 5.74) is 1.26. The summed E-state index contributed by atoms with van der Waals surface area (Å²) in [6, 6.07) is 8.15. The monoisotopic (exact) mass is 209 g/mol. The second-order valence-electron chi connectivity index (χ2n) is 3.70. The van der Waals surface area contributed by atoms with Crippen LogP contribution in [0.25, 0.3) is 0 Å². The lowest BCUT2D eigenvalue weighted by Crippen LogP contribution is -2.23. The van der Waals surface area contributed by atoms with Crippen molar-refractivity contribution in [2.24, 2.45) is 0 Å². The molecule has 1 aromatic rings. The first-order chi connectivity index (χ1) is 6.66. The normalized spacial score (nSPS) is 24.4. The molecule has 0 aromatic heterocycles. The summed E-state index contributed by atoms with van der Waals surface area (Å²) in [5, 5.41) is 3.66. The number of carbonyl (C=O) groups is 1. The highest BCUT2D eigenvalue weighted by Gasteiger charge is 2.38. The minimum atomic E-state index is 0.0477. The summed E-state index contributed by atoms with van der Waals surface area (Å²) in [7, 11) is 0. The van der Waals surface area contributed by atoms with Crippen molar-refractivity contribution in [2.45, 2.75) is 25.3 Å². The van der Waals surface area contributed by atoms with Gasteiger partial charge in [-0.1, -0.05) is 23.7 Å². The highest BCUT2D eigenvalue weighted by molar-refractivity contribution is 6.30. The van der Waals surface area contributed by atoms with Gasteiger partial charge >= 0.3 is 0 Å². The molecule has 3 heteroatoms. The number of hydrogen-bond acceptors (Lipinski definition) is 1. The predicted molar refractivity (Wildman–Crippen MR) is 56.4 cm³/mol. The minimum absolute atomic E-state index is 0.0477. The van der Waals surface area contributed by atoms with Gasteiger partial charge in [-0.15, -0.1) is 0 Å². The van der Waals surface area contributed by atoms with Crippen LogP contribution in [0.4, 0.5) is 0 Å². The molecule has 2 atom stereocenters.